The van der Waals surface area contributed by atoms with Gasteiger partial charge in [-0.1, -0.05) is 387 Å². The second-order valence-corrected chi connectivity index (χ2v) is 27.6. The Morgan fingerprint density at radius 2 is 0.347 bits per heavy atom. The van der Waals surface area contributed by atoms with E-state index in [9.17, 15) is 0 Å². The van der Waals surface area contributed by atoms with Crippen LogP contribution in [0.2, 0.25) is 0 Å². The summed E-state index contributed by atoms with van der Waals surface area (Å²) in [6.07, 6.45) is 87.3. The molecule has 0 heterocycles. The van der Waals surface area contributed by atoms with Crippen molar-refractivity contribution in [2.24, 2.45) is 0 Å². The number of rotatable bonds is 66. The molecule has 0 aliphatic rings. The second-order valence-electron chi connectivity index (χ2n) is 24.2. The zero-order valence-corrected chi connectivity index (χ0v) is 54.4. The zero-order chi connectivity index (χ0) is 53.5. The normalized spacial score (nSPS) is 11.7. The molecule has 0 aromatic heterocycles. The minimum Gasteiger partial charge on any atom is -0.125 e. The first-order valence-corrected chi connectivity index (χ1v) is 38.2. The van der Waals surface area contributed by atoms with Gasteiger partial charge in [0.15, 0.2) is 0 Å². The van der Waals surface area contributed by atoms with Crippen molar-refractivity contribution >= 4 is 35.3 Å². The molecule has 0 bridgehead atoms. The number of hydrogen-bond acceptors (Lipinski definition) is 3. The van der Waals surface area contributed by atoms with E-state index >= 15 is 0 Å². The maximum absolute atomic E-state index is 3.61. The summed E-state index contributed by atoms with van der Waals surface area (Å²) in [7, 11) is 0. The molecule has 0 spiro atoms. The predicted octanol–water partition coefficient (Wildman–Crippen LogP) is 28.2. The van der Waals surface area contributed by atoms with Crippen LogP contribution in [0, 0.1) is 6.07 Å². The summed E-state index contributed by atoms with van der Waals surface area (Å²) in [5, 5.41) is 0. The molecule has 75 heavy (non-hydrogen) atoms. The average molecular weight is 1100 g/mol. The van der Waals surface area contributed by atoms with Crippen LogP contribution in [0.1, 0.15) is 406 Å². The van der Waals surface area contributed by atoms with E-state index < -0.39 is 0 Å². The van der Waals surface area contributed by atoms with Gasteiger partial charge in [-0.3, -0.25) is 0 Å². The van der Waals surface area contributed by atoms with Crippen LogP contribution in [-0.2, 0) is 0 Å². The summed E-state index contributed by atoms with van der Waals surface area (Å²) in [4.78, 5) is 4.65. The average Bonchev–Trinajstić information content (AvgIpc) is 3.42. The Bertz CT molecular complexity index is 1120. The molecule has 1 aromatic rings. The zero-order valence-electron chi connectivity index (χ0n) is 51.9. The van der Waals surface area contributed by atoms with Crippen LogP contribution in [0.4, 0.5) is 0 Å². The van der Waals surface area contributed by atoms with Crippen LogP contribution in [-0.4, -0.2) is 17.3 Å². The summed E-state index contributed by atoms with van der Waals surface area (Å²) < 4.78 is 0. The number of hydrogen-bond donors (Lipinski definition) is 0. The molecule has 3 heteroatoms. The van der Waals surface area contributed by atoms with Gasteiger partial charge in [-0.25, -0.2) is 0 Å². The summed E-state index contributed by atoms with van der Waals surface area (Å²) >= 11 is 6.48. The SMILES string of the molecule is CCCCCCCCCCCCCCCCCCCCCCSc1c[c]cc(SCCCCCCCCCCCCCCCCCCCCCC)c1SCCCCCCCCCCCCCCCCCCCCCC. The monoisotopic (exact) mass is 1100 g/mol. The van der Waals surface area contributed by atoms with Gasteiger partial charge in [0, 0.05) is 14.7 Å². The number of thioether (sulfide) groups is 3. The maximum Gasteiger partial charge on any atom is 0.0345 e. The van der Waals surface area contributed by atoms with Crippen LogP contribution < -0.4 is 0 Å². The van der Waals surface area contributed by atoms with E-state index in [4.69, 9.17) is 0 Å². The Balaban J connectivity index is 2.25. The first kappa shape index (κ1) is 73.3. The lowest BCUT2D eigenvalue weighted by atomic mass is 10.0. The minimum atomic E-state index is 1.27. The Kier molecular flexibility index (Phi) is 63.6. The molecule has 0 nitrogen and oxygen atoms in total. The van der Waals surface area contributed by atoms with Crippen molar-refractivity contribution < 1.29 is 0 Å². The van der Waals surface area contributed by atoms with Gasteiger partial charge in [0.05, 0.1) is 0 Å². The van der Waals surface area contributed by atoms with Gasteiger partial charge < -0.3 is 0 Å². The third kappa shape index (κ3) is 55.9. The minimum absolute atomic E-state index is 1.27. The molecule has 443 valence electrons. The Morgan fingerprint density at radius 3 is 0.520 bits per heavy atom. The van der Waals surface area contributed by atoms with Gasteiger partial charge >= 0.3 is 0 Å². The highest BCUT2D eigenvalue weighted by Gasteiger charge is 2.11. The van der Waals surface area contributed by atoms with Crippen LogP contribution in [0.3, 0.4) is 0 Å². The van der Waals surface area contributed by atoms with Gasteiger partial charge in [0.1, 0.15) is 0 Å². The molecule has 0 aliphatic carbocycles. The molecule has 1 radical (unpaired) electrons. The van der Waals surface area contributed by atoms with Crippen molar-refractivity contribution in [2.45, 2.75) is 421 Å². The molecular weight excluding hydrogens is 961 g/mol. The van der Waals surface area contributed by atoms with Crippen molar-refractivity contribution in [1.29, 1.82) is 0 Å². The van der Waals surface area contributed by atoms with Crippen LogP contribution in [0.5, 0.6) is 0 Å². The largest absolute Gasteiger partial charge is 0.125 e. The molecule has 1 aromatic carbocycles. The lowest BCUT2D eigenvalue weighted by Crippen LogP contribution is -1.91. The first-order valence-electron chi connectivity index (χ1n) is 35.3. The molecule has 0 saturated heterocycles. The summed E-state index contributed by atoms with van der Waals surface area (Å²) in [5.41, 5.74) is 0. The summed E-state index contributed by atoms with van der Waals surface area (Å²) in [6, 6.07) is 8.28. The van der Waals surface area contributed by atoms with Crippen molar-refractivity contribution in [3.05, 3.63) is 18.2 Å². The van der Waals surface area contributed by atoms with Crippen LogP contribution >= 0.6 is 35.3 Å². The third-order valence-corrected chi connectivity index (χ3v) is 20.4. The Labute approximate surface area is 488 Å². The Morgan fingerprint density at radius 1 is 0.200 bits per heavy atom. The lowest BCUT2D eigenvalue weighted by Gasteiger charge is -2.14. The summed E-state index contributed by atoms with van der Waals surface area (Å²) in [5.74, 6) is 3.82. The molecular formula is C72H137S3. The van der Waals surface area contributed by atoms with Crippen molar-refractivity contribution in [3.63, 3.8) is 0 Å². The highest BCUT2D eigenvalue weighted by Crippen LogP contribution is 2.40. The van der Waals surface area contributed by atoms with E-state index in [-0.39, 0.29) is 0 Å². The fraction of sp³-hybridized carbons (Fsp3) is 0.917. The van der Waals surface area contributed by atoms with Gasteiger partial charge in [-0.15, -0.1) is 35.3 Å². The van der Waals surface area contributed by atoms with Crippen molar-refractivity contribution in [1.82, 2.24) is 0 Å². The van der Waals surface area contributed by atoms with Crippen molar-refractivity contribution in [2.75, 3.05) is 17.3 Å². The van der Waals surface area contributed by atoms with E-state index in [0.29, 0.717) is 0 Å². The topological polar surface area (TPSA) is 0 Å². The smallest absolute Gasteiger partial charge is 0.0345 e. The molecule has 0 N–H and O–H groups in total. The van der Waals surface area contributed by atoms with E-state index in [1.807, 2.05) is 0 Å². The molecule has 0 aliphatic heterocycles. The molecule has 0 fully saturated rings. The third-order valence-electron chi connectivity index (χ3n) is 16.6. The van der Waals surface area contributed by atoms with Gasteiger partial charge in [0.25, 0.3) is 0 Å². The number of unbranched alkanes of at least 4 members (excludes halogenated alkanes) is 57. The molecule has 0 saturated carbocycles. The highest BCUT2D eigenvalue weighted by atomic mass is 32.2. The fourth-order valence-corrected chi connectivity index (χ4v) is 15.1. The fourth-order valence-electron chi connectivity index (χ4n) is 11.4. The van der Waals surface area contributed by atoms with Gasteiger partial charge in [-0.05, 0) is 54.7 Å². The van der Waals surface area contributed by atoms with E-state index in [1.165, 1.54) is 412 Å². The van der Waals surface area contributed by atoms with Gasteiger partial charge in [0.2, 0.25) is 0 Å². The van der Waals surface area contributed by atoms with E-state index in [0.717, 1.165) is 0 Å². The van der Waals surface area contributed by atoms with Crippen molar-refractivity contribution in [3.8, 4) is 0 Å². The summed E-state index contributed by atoms with van der Waals surface area (Å²) in [6.45, 7) is 6.95. The maximum atomic E-state index is 3.61. The van der Waals surface area contributed by atoms with Gasteiger partial charge in [-0.2, -0.15) is 0 Å². The van der Waals surface area contributed by atoms with E-state index in [1.54, 1.807) is 4.90 Å². The molecule has 0 amide bonds. The van der Waals surface area contributed by atoms with Crippen LogP contribution in [0.15, 0.2) is 26.8 Å². The quantitative estimate of drug-likeness (QED) is 0.0471. The second kappa shape index (κ2) is 65.1. The molecule has 1 rings (SSSR count). The lowest BCUT2D eigenvalue weighted by molar-refractivity contribution is 0.523. The van der Waals surface area contributed by atoms with E-state index in [2.05, 4.69) is 74.3 Å². The number of benzene rings is 1. The Hall–Kier alpha value is 0.270. The van der Waals surface area contributed by atoms with Crippen LogP contribution in [0.25, 0.3) is 0 Å². The standard InChI is InChI=1S/C72H137S3/c1-4-7-10-13-16-19-22-25-28-31-34-37-40-43-46-49-52-55-58-61-67-73-70-65-64-66-71(74-68-62-59-56-53-50-47-44-41-38-35-32-29-26-23-20-17-14-11-8-5-2)72(70)75-69-63-60-57-54-51-48-45-42-39-36-33-30-27-24-21-18-15-12-9-6-3/h65-66H,4-63,67-69H2,1-3H3. The molecule has 0 unspecified atom stereocenters. The first-order chi connectivity index (χ1) is 37.3. The highest BCUT2D eigenvalue weighted by molar-refractivity contribution is 8.03. The predicted molar refractivity (Wildman–Crippen MR) is 351 cm³/mol. The molecule has 0 atom stereocenters.